The second kappa shape index (κ2) is 7.32. The number of carboxylic acids is 1. The van der Waals surface area contributed by atoms with Crippen molar-refractivity contribution in [3.05, 3.63) is 34.7 Å². The fraction of sp³-hybridized carbons (Fsp3) is 0.500. The number of aryl methyl sites for hydroxylation is 1. The molecule has 28 heavy (non-hydrogen) atoms. The van der Waals surface area contributed by atoms with Gasteiger partial charge in [-0.25, -0.2) is 4.98 Å². The Kier molecular flexibility index (Phi) is 5.00. The van der Waals surface area contributed by atoms with Crippen LogP contribution in [0.25, 0.3) is 11.3 Å². The number of carbonyl (C=O) groups is 2. The first-order valence-corrected chi connectivity index (χ1v) is 10.8. The largest absolute Gasteiger partial charge is 0.481 e. The number of carboxylic acid groups (broad SMARTS) is 1. The maximum Gasteiger partial charge on any atom is 0.307 e. The number of rotatable bonds is 5. The number of hydrogen-bond acceptors (Lipinski definition) is 4. The quantitative estimate of drug-likeness (QED) is 0.749. The van der Waals surface area contributed by atoms with Crippen molar-refractivity contribution in [2.45, 2.75) is 46.0 Å². The Hall–Kier alpha value is -2.21. The van der Waals surface area contributed by atoms with E-state index in [2.05, 4.69) is 48.4 Å². The zero-order valence-corrected chi connectivity index (χ0v) is 17.3. The third-order valence-corrected chi connectivity index (χ3v) is 7.27. The molecule has 2 bridgehead atoms. The van der Waals surface area contributed by atoms with Crippen LogP contribution < -0.4 is 5.32 Å². The number of carbonyl (C=O) groups excluding carboxylic acids is 1. The van der Waals surface area contributed by atoms with Gasteiger partial charge in [-0.3, -0.25) is 9.59 Å². The van der Waals surface area contributed by atoms with Crippen molar-refractivity contribution in [2.24, 2.45) is 23.7 Å². The molecule has 2 fully saturated rings. The molecular weight excluding hydrogens is 372 g/mol. The van der Waals surface area contributed by atoms with Crippen LogP contribution in [0.2, 0.25) is 0 Å². The summed E-state index contributed by atoms with van der Waals surface area (Å²) < 4.78 is 0. The van der Waals surface area contributed by atoms with E-state index in [-0.39, 0.29) is 17.7 Å². The number of amides is 1. The molecule has 2 aromatic rings. The Bertz CT molecular complexity index is 903. The molecule has 148 valence electrons. The summed E-state index contributed by atoms with van der Waals surface area (Å²) >= 11 is 1.45. The molecule has 4 atom stereocenters. The summed E-state index contributed by atoms with van der Waals surface area (Å²) in [5.74, 6) is -1.20. The SMILES string of the molecule is Cc1sc(NC(=O)[C@H]2[C@@H]3CC[C@@H](C3)[C@H]2C(=O)O)nc1-c1ccc(C(C)C)cc1. The normalized spacial score (nSPS) is 26.0. The second-order valence-electron chi connectivity index (χ2n) is 8.41. The van der Waals surface area contributed by atoms with Crippen LogP contribution in [-0.2, 0) is 9.59 Å². The molecule has 4 rings (SSSR count). The van der Waals surface area contributed by atoms with E-state index in [4.69, 9.17) is 0 Å². The van der Waals surface area contributed by atoms with Crippen LogP contribution >= 0.6 is 11.3 Å². The number of hydrogen-bond donors (Lipinski definition) is 2. The molecule has 1 heterocycles. The predicted molar refractivity (Wildman–Crippen MR) is 110 cm³/mol. The average molecular weight is 399 g/mol. The molecule has 2 aliphatic carbocycles. The van der Waals surface area contributed by atoms with E-state index >= 15 is 0 Å². The van der Waals surface area contributed by atoms with E-state index in [1.54, 1.807) is 0 Å². The summed E-state index contributed by atoms with van der Waals surface area (Å²) in [6, 6.07) is 8.37. The lowest BCUT2D eigenvalue weighted by atomic mass is 9.79. The summed E-state index contributed by atoms with van der Waals surface area (Å²) in [5.41, 5.74) is 3.18. The van der Waals surface area contributed by atoms with Crippen LogP contribution in [-0.4, -0.2) is 22.0 Å². The number of fused-ring (bicyclic) bond motifs is 2. The van der Waals surface area contributed by atoms with Crippen molar-refractivity contribution >= 4 is 28.3 Å². The molecule has 0 saturated heterocycles. The smallest absolute Gasteiger partial charge is 0.307 e. The second-order valence-corrected chi connectivity index (χ2v) is 9.62. The van der Waals surface area contributed by atoms with Crippen LogP contribution in [0, 0.1) is 30.6 Å². The molecule has 0 radical (unpaired) electrons. The summed E-state index contributed by atoms with van der Waals surface area (Å²) in [5, 5.41) is 13.1. The highest BCUT2D eigenvalue weighted by Gasteiger charge is 2.54. The third kappa shape index (κ3) is 3.34. The van der Waals surface area contributed by atoms with E-state index in [1.807, 2.05) is 6.92 Å². The van der Waals surface area contributed by atoms with Gasteiger partial charge in [0.15, 0.2) is 5.13 Å². The zero-order valence-electron chi connectivity index (χ0n) is 16.4. The Labute approximate surface area is 169 Å². The van der Waals surface area contributed by atoms with Crippen molar-refractivity contribution < 1.29 is 14.7 Å². The number of aliphatic carboxylic acids is 1. The zero-order chi connectivity index (χ0) is 20.0. The maximum atomic E-state index is 12.9. The molecule has 1 amide bonds. The summed E-state index contributed by atoms with van der Waals surface area (Å²) in [4.78, 5) is 30.2. The van der Waals surface area contributed by atoms with E-state index in [0.29, 0.717) is 11.0 Å². The molecule has 1 aromatic heterocycles. The third-order valence-electron chi connectivity index (χ3n) is 6.38. The molecule has 0 spiro atoms. The first-order valence-electron chi connectivity index (χ1n) is 9.96. The van der Waals surface area contributed by atoms with Crippen molar-refractivity contribution in [3.8, 4) is 11.3 Å². The molecule has 0 aliphatic heterocycles. The fourth-order valence-corrected chi connectivity index (χ4v) is 5.79. The standard InChI is InChI=1S/C22H26N2O3S/c1-11(2)13-4-6-14(7-5-13)19-12(3)28-22(23-19)24-20(25)17-15-8-9-16(10-15)18(17)21(26)27/h4-7,11,15-18H,8-10H2,1-3H3,(H,26,27)(H,23,24,25)/t15-,16+,17+,18-/m1/s1. The first kappa shape index (κ1) is 19.1. The average Bonchev–Trinajstić information content (AvgIpc) is 3.35. The number of nitrogens with one attached hydrogen (secondary N) is 1. The van der Waals surface area contributed by atoms with Crippen LogP contribution in [0.15, 0.2) is 24.3 Å². The maximum absolute atomic E-state index is 12.9. The van der Waals surface area contributed by atoms with Crippen molar-refractivity contribution in [1.82, 2.24) is 4.98 Å². The number of nitrogens with zero attached hydrogens (tertiary/aromatic N) is 1. The van der Waals surface area contributed by atoms with Gasteiger partial charge in [-0.05, 0) is 49.5 Å². The van der Waals surface area contributed by atoms with Crippen molar-refractivity contribution in [1.29, 1.82) is 0 Å². The molecule has 2 N–H and O–H groups in total. The Morgan fingerprint density at radius 1 is 1.14 bits per heavy atom. The van der Waals surface area contributed by atoms with Crippen LogP contribution in [0.3, 0.4) is 0 Å². The molecule has 6 heteroatoms. The Morgan fingerprint density at radius 2 is 1.79 bits per heavy atom. The molecule has 2 saturated carbocycles. The molecule has 0 unspecified atom stereocenters. The summed E-state index contributed by atoms with van der Waals surface area (Å²) in [6.07, 6.45) is 2.74. The van der Waals surface area contributed by atoms with Gasteiger partial charge in [0, 0.05) is 10.4 Å². The van der Waals surface area contributed by atoms with E-state index in [1.165, 1.54) is 16.9 Å². The van der Waals surface area contributed by atoms with Gasteiger partial charge < -0.3 is 10.4 Å². The number of anilines is 1. The van der Waals surface area contributed by atoms with Crippen molar-refractivity contribution in [2.75, 3.05) is 5.32 Å². The lowest BCUT2D eigenvalue weighted by Crippen LogP contribution is -2.37. The lowest BCUT2D eigenvalue weighted by molar-refractivity contribution is -0.148. The van der Waals surface area contributed by atoms with Crippen LogP contribution in [0.5, 0.6) is 0 Å². The van der Waals surface area contributed by atoms with Gasteiger partial charge in [-0.15, -0.1) is 11.3 Å². The van der Waals surface area contributed by atoms with Gasteiger partial charge in [-0.2, -0.15) is 0 Å². The lowest BCUT2D eigenvalue weighted by Gasteiger charge is -2.26. The van der Waals surface area contributed by atoms with Crippen LogP contribution in [0.1, 0.15) is 49.5 Å². The van der Waals surface area contributed by atoms with Gasteiger partial charge in [-0.1, -0.05) is 38.1 Å². The van der Waals surface area contributed by atoms with E-state index < -0.39 is 17.8 Å². The molecule has 1 aromatic carbocycles. The minimum absolute atomic E-state index is 0.145. The minimum Gasteiger partial charge on any atom is -0.481 e. The van der Waals surface area contributed by atoms with E-state index in [9.17, 15) is 14.7 Å². The fourth-order valence-electron chi connectivity index (χ4n) is 4.96. The molecule has 2 aliphatic rings. The monoisotopic (exact) mass is 398 g/mol. The Morgan fingerprint density at radius 3 is 2.39 bits per heavy atom. The highest BCUT2D eigenvalue weighted by molar-refractivity contribution is 7.16. The number of thiazole rings is 1. The predicted octanol–water partition coefficient (Wildman–Crippen LogP) is 4.93. The van der Waals surface area contributed by atoms with Gasteiger partial charge in [0.05, 0.1) is 17.5 Å². The highest BCUT2D eigenvalue weighted by Crippen LogP contribution is 2.52. The topological polar surface area (TPSA) is 79.3 Å². The molecule has 5 nitrogen and oxygen atoms in total. The summed E-state index contributed by atoms with van der Waals surface area (Å²) in [7, 11) is 0. The van der Waals surface area contributed by atoms with E-state index in [0.717, 1.165) is 35.4 Å². The molecular formula is C22H26N2O3S. The highest BCUT2D eigenvalue weighted by atomic mass is 32.1. The van der Waals surface area contributed by atoms with Crippen molar-refractivity contribution in [3.63, 3.8) is 0 Å². The van der Waals surface area contributed by atoms with Gasteiger partial charge in [0.1, 0.15) is 0 Å². The van der Waals surface area contributed by atoms with Crippen LogP contribution in [0.4, 0.5) is 5.13 Å². The number of benzene rings is 1. The van der Waals surface area contributed by atoms with Gasteiger partial charge in [0.2, 0.25) is 5.91 Å². The van der Waals surface area contributed by atoms with Gasteiger partial charge >= 0.3 is 5.97 Å². The minimum atomic E-state index is -0.839. The number of aromatic nitrogens is 1. The first-order chi connectivity index (χ1) is 13.3. The summed E-state index contributed by atoms with van der Waals surface area (Å²) in [6.45, 7) is 6.32. The van der Waals surface area contributed by atoms with Gasteiger partial charge in [0.25, 0.3) is 0 Å². The Balaban J connectivity index is 1.52.